The van der Waals surface area contributed by atoms with Gasteiger partial charge in [-0.2, -0.15) is 0 Å². The first kappa shape index (κ1) is 23.7. The van der Waals surface area contributed by atoms with Gasteiger partial charge in [0, 0.05) is 35.4 Å². The Morgan fingerprint density at radius 2 is 1.94 bits per heavy atom. The maximum absolute atomic E-state index is 15.0. The molecule has 1 aromatic carbocycles. The van der Waals surface area contributed by atoms with E-state index >= 15 is 0 Å². The van der Waals surface area contributed by atoms with Crippen LogP contribution in [0, 0.1) is 18.6 Å². The van der Waals surface area contributed by atoms with Crippen molar-refractivity contribution >= 4 is 28.8 Å². The molecule has 1 saturated heterocycles. The van der Waals surface area contributed by atoms with Gasteiger partial charge >= 0.3 is 6.09 Å². The minimum atomic E-state index is -0.657. The average Bonchev–Trinajstić information content (AvgIpc) is 3.19. The summed E-state index contributed by atoms with van der Waals surface area (Å²) in [5.41, 5.74) is 2.75. The Bertz CT molecular complexity index is 1430. The van der Waals surface area contributed by atoms with Crippen molar-refractivity contribution in [2.45, 2.75) is 39.8 Å². The predicted molar refractivity (Wildman–Crippen MR) is 132 cm³/mol. The summed E-state index contributed by atoms with van der Waals surface area (Å²) >= 11 is 0. The largest absolute Gasteiger partial charge is 0.449 e. The van der Waals surface area contributed by atoms with Crippen LogP contribution in [0.5, 0.6) is 0 Å². The normalized spacial score (nSPS) is 13.9. The minimum Gasteiger partial charge on any atom is -0.449 e. The van der Waals surface area contributed by atoms with E-state index in [9.17, 15) is 13.6 Å². The number of fused-ring (bicyclic) bond motifs is 1. The number of benzene rings is 1. The molecule has 10 heteroatoms. The second-order valence-electron chi connectivity index (χ2n) is 9.10. The van der Waals surface area contributed by atoms with Crippen molar-refractivity contribution in [1.29, 1.82) is 0 Å². The number of rotatable bonds is 6. The Kier molecular flexibility index (Phi) is 6.26. The quantitative estimate of drug-likeness (QED) is 0.369. The van der Waals surface area contributed by atoms with Gasteiger partial charge in [-0.3, -0.25) is 0 Å². The molecule has 186 valence electrons. The van der Waals surface area contributed by atoms with Gasteiger partial charge in [0.15, 0.2) is 5.82 Å². The molecule has 36 heavy (non-hydrogen) atoms. The van der Waals surface area contributed by atoms with Crippen LogP contribution >= 0.6 is 0 Å². The molecule has 4 heterocycles. The number of anilines is 2. The van der Waals surface area contributed by atoms with Crippen molar-refractivity contribution in [1.82, 2.24) is 24.4 Å². The molecule has 1 fully saturated rings. The van der Waals surface area contributed by atoms with Gasteiger partial charge in [-0.15, -0.1) is 0 Å². The van der Waals surface area contributed by atoms with Crippen LogP contribution < -0.4 is 5.32 Å². The van der Waals surface area contributed by atoms with E-state index in [1.54, 1.807) is 29.3 Å². The topological polar surface area (TPSA) is 85.2 Å². The first-order valence-corrected chi connectivity index (χ1v) is 11.8. The smallest absolute Gasteiger partial charge is 0.410 e. The number of hydrogen-bond acceptors (Lipinski definition) is 6. The lowest BCUT2D eigenvalue weighted by atomic mass is 10.1. The molecule has 8 nitrogen and oxygen atoms in total. The zero-order valence-electron chi connectivity index (χ0n) is 20.3. The van der Waals surface area contributed by atoms with E-state index in [2.05, 4.69) is 20.3 Å². The van der Waals surface area contributed by atoms with Crippen molar-refractivity contribution in [3.63, 3.8) is 0 Å². The summed E-state index contributed by atoms with van der Waals surface area (Å²) in [5, 5.41) is 3.45. The Morgan fingerprint density at radius 1 is 1.11 bits per heavy atom. The second-order valence-corrected chi connectivity index (χ2v) is 9.10. The van der Waals surface area contributed by atoms with E-state index in [0.29, 0.717) is 42.0 Å². The van der Waals surface area contributed by atoms with Gasteiger partial charge in [0.1, 0.15) is 17.3 Å². The zero-order valence-corrected chi connectivity index (χ0v) is 20.3. The molecular weight excluding hydrogens is 466 g/mol. The number of amides is 1. The van der Waals surface area contributed by atoms with E-state index in [1.165, 1.54) is 6.07 Å². The van der Waals surface area contributed by atoms with Gasteiger partial charge < -0.3 is 19.5 Å². The number of pyridine rings is 1. The van der Waals surface area contributed by atoms with Gasteiger partial charge in [-0.1, -0.05) is 6.07 Å². The molecule has 0 radical (unpaired) electrons. The molecule has 0 atom stereocenters. The second kappa shape index (κ2) is 9.52. The van der Waals surface area contributed by atoms with E-state index in [1.807, 2.05) is 31.4 Å². The lowest BCUT2D eigenvalue weighted by Crippen LogP contribution is -2.37. The highest BCUT2D eigenvalue weighted by atomic mass is 19.1. The molecule has 3 aromatic heterocycles. The number of cyclic esters (lactones) is 1. The highest BCUT2D eigenvalue weighted by Gasteiger charge is 2.20. The van der Waals surface area contributed by atoms with Crippen molar-refractivity contribution in [3.8, 4) is 11.3 Å². The summed E-state index contributed by atoms with van der Waals surface area (Å²) in [6, 6.07) is 8.49. The molecule has 4 aromatic rings. The first-order chi connectivity index (χ1) is 17.3. The highest BCUT2D eigenvalue weighted by molar-refractivity contribution is 5.87. The van der Waals surface area contributed by atoms with Crippen molar-refractivity contribution < 1.29 is 18.3 Å². The fourth-order valence-electron chi connectivity index (χ4n) is 4.53. The minimum absolute atomic E-state index is 0.0114. The summed E-state index contributed by atoms with van der Waals surface area (Å²) in [7, 11) is 0. The fourth-order valence-corrected chi connectivity index (χ4v) is 4.53. The lowest BCUT2D eigenvalue weighted by molar-refractivity contribution is 0.0700. The van der Waals surface area contributed by atoms with Crippen molar-refractivity contribution in [2.75, 3.05) is 18.5 Å². The van der Waals surface area contributed by atoms with Gasteiger partial charge in [0.05, 0.1) is 24.9 Å². The third-order valence-corrected chi connectivity index (χ3v) is 6.13. The molecule has 1 N–H and O–H groups in total. The number of ether oxygens (including phenoxy) is 1. The first-order valence-electron chi connectivity index (χ1n) is 11.8. The number of hydrogen-bond donors (Lipinski definition) is 1. The molecule has 0 saturated carbocycles. The number of aryl methyl sites for hydroxylation is 1. The van der Waals surface area contributed by atoms with E-state index in [4.69, 9.17) is 4.74 Å². The molecule has 1 amide bonds. The van der Waals surface area contributed by atoms with Crippen LogP contribution in [0.15, 0.2) is 42.7 Å². The third kappa shape index (κ3) is 4.58. The zero-order chi connectivity index (χ0) is 25.4. The molecular formula is C26H26F2N6O2. The monoisotopic (exact) mass is 492 g/mol. The average molecular weight is 493 g/mol. The van der Waals surface area contributed by atoms with Crippen LogP contribution in [0.25, 0.3) is 22.2 Å². The van der Waals surface area contributed by atoms with Crippen LogP contribution in [-0.4, -0.2) is 43.7 Å². The van der Waals surface area contributed by atoms with Crippen LogP contribution in [0.3, 0.4) is 0 Å². The van der Waals surface area contributed by atoms with Gasteiger partial charge in [-0.05, 0) is 57.0 Å². The summed E-state index contributed by atoms with van der Waals surface area (Å²) in [6.07, 6.45) is 3.15. The van der Waals surface area contributed by atoms with Gasteiger partial charge in [-0.25, -0.2) is 28.5 Å². The number of carbonyl (C=O) groups is 1. The van der Waals surface area contributed by atoms with Crippen LogP contribution in [0.4, 0.5) is 25.3 Å². The van der Waals surface area contributed by atoms with Gasteiger partial charge in [0.25, 0.3) is 0 Å². The molecule has 0 unspecified atom stereocenters. The Balaban J connectivity index is 1.40. The standard InChI is InChI=1S/C26H26F2N6O2/c1-15(2)34-16(3)9-19-20(27)10-18(11-22(19)34)24-21(28)13-30-25(32-24)31-23-6-5-17(12-29-23)14-33-7-4-8-36-26(33)35/h5-6,9-13,15H,4,7-8,14H2,1-3H3,(H,29,30,31,32). The summed E-state index contributed by atoms with van der Waals surface area (Å²) in [6.45, 7) is 7.43. The summed E-state index contributed by atoms with van der Waals surface area (Å²) < 4.78 is 36.8. The number of carbonyl (C=O) groups excluding carboxylic acids is 1. The lowest BCUT2D eigenvalue weighted by Gasteiger charge is -2.26. The van der Waals surface area contributed by atoms with Crippen LogP contribution in [0.2, 0.25) is 0 Å². The van der Waals surface area contributed by atoms with Gasteiger partial charge in [0.2, 0.25) is 5.95 Å². The molecule has 1 aliphatic rings. The van der Waals surface area contributed by atoms with Crippen molar-refractivity contribution in [3.05, 3.63) is 65.6 Å². The number of nitrogens with zero attached hydrogens (tertiary/aromatic N) is 5. The van der Waals surface area contributed by atoms with E-state index in [-0.39, 0.29) is 23.8 Å². The Labute approximate surface area is 206 Å². The maximum Gasteiger partial charge on any atom is 0.410 e. The number of aromatic nitrogens is 4. The molecule has 0 bridgehead atoms. The van der Waals surface area contributed by atoms with Crippen LogP contribution in [0.1, 0.15) is 37.6 Å². The number of halogens is 2. The summed E-state index contributed by atoms with van der Waals surface area (Å²) in [5.74, 6) is -0.520. The SMILES string of the molecule is Cc1cc2c(F)cc(-c3nc(Nc4ccc(CN5CCCOC5=O)cn4)ncc3F)cc2n1C(C)C. The third-order valence-electron chi connectivity index (χ3n) is 6.13. The highest BCUT2D eigenvalue weighted by Crippen LogP contribution is 2.32. The van der Waals surface area contributed by atoms with E-state index in [0.717, 1.165) is 23.9 Å². The fraction of sp³-hybridized carbons (Fsp3) is 0.308. The molecule has 5 rings (SSSR count). The Hall–Kier alpha value is -4.08. The molecule has 1 aliphatic heterocycles. The Morgan fingerprint density at radius 3 is 2.67 bits per heavy atom. The van der Waals surface area contributed by atoms with Crippen molar-refractivity contribution in [2.24, 2.45) is 0 Å². The van der Waals surface area contributed by atoms with E-state index < -0.39 is 11.6 Å². The number of nitrogens with one attached hydrogen (secondary N) is 1. The molecule has 0 aliphatic carbocycles. The maximum atomic E-state index is 15.0. The predicted octanol–water partition coefficient (Wildman–Crippen LogP) is 5.75. The summed E-state index contributed by atoms with van der Waals surface area (Å²) in [4.78, 5) is 26.1. The molecule has 0 spiro atoms. The van der Waals surface area contributed by atoms with Crippen LogP contribution in [-0.2, 0) is 11.3 Å².